The predicted octanol–water partition coefficient (Wildman–Crippen LogP) is 2.96. The van der Waals surface area contributed by atoms with Crippen molar-refractivity contribution in [1.29, 1.82) is 0 Å². The molecule has 2 nitrogen and oxygen atoms in total. The molecule has 0 bridgehead atoms. The van der Waals surface area contributed by atoms with Crippen LogP contribution in [0, 0.1) is 5.82 Å². The van der Waals surface area contributed by atoms with E-state index in [1.165, 1.54) is 6.07 Å². The topological polar surface area (TPSA) is 15.3 Å². The van der Waals surface area contributed by atoms with Crippen molar-refractivity contribution in [3.63, 3.8) is 0 Å². The van der Waals surface area contributed by atoms with Gasteiger partial charge in [-0.15, -0.1) is 0 Å². The Hall–Kier alpha value is -0.930. The van der Waals surface area contributed by atoms with Crippen LogP contribution in [-0.4, -0.2) is 30.6 Å². The summed E-state index contributed by atoms with van der Waals surface area (Å²) in [6.45, 7) is 7.60. The SMILES string of the molecule is CCCN(C1CNC1)C(CC)c1cccc(F)c1. The Morgan fingerprint density at radius 1 is 1.39 bits per heavy atom. The fourth-order valence-corrected chi connectivity index (χ4v) is 2.73. The molecule has 1 aliphatic heterocycles. The van der Waals surface area contributed by atoms with Gasteiger partial charge in [-0.25, -0.2) is 4.39 Å². The van der Waals surface area contributed by atoms with Crippen LogP contribution in [0.2, 0.25) is 0 Å². The lowest BCUT2D eigenvalue weighted by atomic mass is 9.98. The van der Waals surface area contributed by atoms with Gasteiger partial charge in [-0.1, -0.05) is 26.0 Å². The Labute approximate surface area is 109 Å². The standard InChI is InChI=1S/C15H23FN2/c1-3-8-18(14-10-17-11-14)15(4-2)12-6-5-7-13(16)9-12/h5-7,9,14-15,17H,3-4,8,10-11H2,1-2H3. The summed E-state index contributed by atoms with van der Waals surface area (Å²) >= 11 is 0. The Bertz CT molecular complexity index is 377. The van der Waals surface area contributed by atoms with Crippen LogP contribution in [0.3, 0.4) is 0 Å². The summed E-state index contributed by atoms with van der Waals surface area (Å²) in [5.74, 6) is -0.130. The maximum atomic E-state index is 13.4. The normalized spacial score (nSPS) is 17.8. The van der Waals surface area contributed by atoms with Gasteiger partial charge in [0.15, 0.2) is 0 Å². The first-order chi connectivity index (χ1) is 8.76. The van der Waals surface area contributed by atoms with Crippen molar-refractivity contribution in [2.75, 3.05) is 19.6 Å². The fourth-order valence-electron chi connectivity index (χ4n) is 2.73. The van der Waals surface area contributed by atoms with E-state index in [0.29, 0.717) is 12.1 Å². The number of hydrogen-bond acceptors (Lipinski definition) is 2. The highest BCUT2D eigenvalue weighted by molar-refractivity contribution is 5.20. The molecule has 1 saturated heterocycles. The number of benzene rings is 1. The van der Waals surface area contributed by atoms with E-state index in [1.807, 2.05) is 12.1 Å². The van der Waals surface area contributed by atoms with Gasteiger partial charge in [0.05, 0.1) is 0 Å². The first-order valence-electron chi connectivity index (χ1n) is 6.98. The molecule has 0 saturated carbocycles. The molecule has 1 heterocycles. The molecular formula is C15H23FN2. The van der Waals surface area contributed by atoms with Gasteiger partial charge < -0.3 is 5.32 Å². The van der Waals surface area contributed by atoms with E-state index in [-0.39, 0.29) is 5.82 Å². The van der Waals surface area contributed by atoms with E-state index < -0.39 is 0 Å². The second-order valence-corrected chi connectivity index (χ2v) is 5.03. The van der Waals surface area contributed by atoms with Gasteiger partial charge in [0.25, 0.3) is 0 Å². The zero-order valence-electron chi connectivity index (χ0n) is 11.3. The third-order valence-electron chi connectivity index (χ3n) is 3.73. The summed E-state index contributed by atoms with van der Waals surface area (Å²) in [5.41, 5.74) is 1.11. The van der Waals surface area contributed by atoms with Crippen LogP contribution in [0.25, 0.3) is 0 Å². The molecule has 1 unspecified atom stereocenters. The van der Waals surface area contributed by atoms with Gasteiger partial charge >= 0.3 is 0 Å². The van der Waals surface area contributed by atoms with Crippen molar-refractivity contribution in [2.45, 2.75) is 38.8 Å². The second kappa shape index (κ2) is 6.30. The summed E-state index contributed by atoms with van der Waals surface area (Å²) in [4.78, 5) is 2.53. The summed E-state index contributed by atoms with van der Waals surface area (Å²) in [5, 5.41) is 3.33. The average molecular weight is 250 g/mol. The van der Waals surface area contributed by atoms with Crippen LogP contribution in [0.5, 0.6) is 0 Å². The maximum Gasteiger partial charge on any atom is 0.123 e. The zero-order valence-corrected chi connectivity index (χ0v) is 11.3. The number of hydrogen-bond donors (Lipinski definition) is 1. The van der Waals surface area contributed by atoms with Crippen LogP contribution in [0.4, 0.5) is 4.39 Å². The lowest BCUT2D eigenvalue weighted by Gasteiger charge is -2.43. The number of nitrogens with zero attached hydrogens (tertiary/aromatic N) is 1. The van der Waals surface area contributed by atoms with E-state index in [4.69, 9.17) is 0 Å². The van der Waals surface area contributed by atoms with E-state index in [9.17, 15) is 4.39 Å². The number of rotatable bonds is 6. The highest BCUT2D eigenvalue weighted by Crippen LogP contribution is 2.28. The van der Waals surface area contributed by atoms with E-state index >= 15 is 0 Å². The molecule has 3 heteroatoms. The van der Waals surface area contributed by atoms with Gasteiger partial charge in [-0.05, 0) is 37.1 Å². The molecule has 1 N–H and O–H groups in total. The highest BCUT2D eigenvalue weighted by Gasteiger charge is 2.29. The summed E-state index contributed by atoms with van der Waals surface area (Å²) in [6, 6.07) is 8.02. The Morgan fingerprint density at radius 3 is 2.67 bits per heavy atom. The predicted molar refractivity (Wildman–Crippen MR) is 73.1 cm³/mol. The van der Waals surface area contributed by atoms with Gasteiger partial charge in [-0.3, -0.25) is 4.90 Å². The van der Waals surface area contributed by atoms with Crippen molar-refractivity contribution in [3.05, 3.63) is 35.6 Å². The van der Waals surface area contributed by atoms with Crippen molar-refractivity contribution in [2.24, 2.45) is 0 Å². The molecule has 0 amide bonds. The molecule has 100 valence electrons. The molecule has 0 aliphatic carbocycles. The summed E-state index contributed by atoms with van der Waals surface area (Å²) in [6.07, 6.45) is 2.17. The van der Waals surface area contributed by atoms with Crippen LogP contribution in [0.1, 0.15) is 38.3 Å². The molecule has 1 atom stereocenters. The number of halogens is 1. The molecular weight excluding hydrogens is 227 g/mol. The van der Waals surface area contributed by atoms with E-state index in [2.05, 4.69) is 24.1 Å². The van der Waals surface area contributed by atoms with Crippen LogP contribution < -0.4 is 5.32 Å². The van der Waals surface area contributed by atoms with E-state index in [1.54, 1.807) is 6.07 Å². The molecule has 0 radical (unpaired) electrons. The molecule has 1 fully saturated rings. The van der Waals surface area contributed by atoms with E-state index in [0.717, 1.165) is 38.0 Å². The summed E-state index contributed by atoms with van der Waals surface area (Å²) < 4.78 is 13.4. The monoisotopic (exact) mass is 250 g/mol. The lowest BCUT2D eigenvalue weighted by molar-refractivity contribution is 0.0914. The van der Waals surface area contributed by atoms with Crippen LogP contribution in [-0.2, 0) is 0 Å². The third kappa shape index (κ3) is 2.90. The Kier molecular flexibility index (Phi) is 4.72. The lowest BCUT2D eigenvalue weighted by Crippen LogP contribution is -2.58. The summed E-state index contributed by atoms with van der Waals surface area (Å²) in [7, 11) is 0. The molecule has 1 aromatic carbocycles. The molecule has 1 aromatic rings. The minimum atomic E-state index is -0.130. The van der Waals surface area contributed by atoms with Crippen LogP contribution >= 0.6 is 0 Å². The smallest absolute Gasteiger partial charge is 0.123 e. The van der Waals surface area contributed by atoms with Crippen molar-refractivity contribution >= 4 is 0 Å². The van der Waals surface area contributed by atoms with Gasteiger partial charge in [0.2, 0.25) is 0 Å². The minimum Gasteiger partial charge on any atom is -0.314 e. The molecule has 0 aromatic heterocycles. The largest absolute Gasteiger partial charge is 0.314 e. The first kappa shape index (κ1) is 13.5. The molecule has 18 heavy (non-hydrogen) atoms. The van der Waals surface area contributed by atoms with Gasteiger partial charge in [0, 0.05) is 25.2 Å². The fraction of sp³-hybridized carbons (Fsp3) is 0.600. The quantitative estimate of drug-likeness (QED) is 0.835. The van der Waals surface area contributed by atoms with Crippen LogP contribution in [0.15, 0.2) is 24.3 Å². The zero-order chi connectivity index (χ0) is 13.0. The molecule has 2 rings (SSSR count). The molecule has 0 spiro atoms. The minimum absolute atomic E-state index is 0.130. The Morgan fingerprint density at radius 2 is 2.17 bits per heavy atom. The van der Waals surface area contributed by atoms with Gasteiger partial charge in [0.1, 0.15) is 5.82 Å². The average Bonchev–Trinajstić information content (AvgIpc) is 2.28. The highest BCUT2D eigenvalue weighted by atomic mass is 19.1. The first-order valence-corrected chi connectivity index (χ1v) is 6.98. The van der Waals surface area contributed by atoms with Crippen molar-refractivity contribution in [3.8, 4) is 0 Å². The maximum absolute atomic E-state index is 13.4. The number of nitrogens with one attached hydrogen (secondary N) is 1. The van der Waals surface area contributed by atoms with Crippen molar-refractivity contribution < 1.29 is 4.39 Å². The molecule has 1 aliphatic rings. The Balaban J connectivity index is 2.18. The third-order valence-corrected chi connectivity index (χ3v) is 3.73. The second-order valence-electron chi connectivity index (χ2n) is 5.03. The van der Waals surface area contributed by atoms with Crippen molar-refractivity contribution in [1.82, 2.24) is 10.2 Å². The van der Waals surface area contributed by atoms with Gasteiger partial charge in [-0.2, -0.15) is 0 Å².